The summed E-state index contributed by atoms with van der Waals surface area (Å²) in [6.07, 6.45) is 17.8. The van der Waals surface area contributed by atoms with Crippen molar-refractivity contribution in [2.45, 2.75) is 104 Å². The molecule has 0 bridgehead atoms. The molecule has 1 atom stereocenters. The quantitative estimate of drug-likeness (QED) is 0.121. The predicted octanol–water partition coefficient (Wildman–Crippen LogP) is 8.99. The predicted molar refractivity (Wildman–Crippen MR) is 160 cm³/mol. The molecule has 0 amide bonds. The monoisotopic (exact) mass is 530 g/mol. The van der Waals surface area contributed by atoms with Crippen LogP contribution in [0.4, 0.5) is 0 Å². The van der Waals surface area contributed by atoms with Crippen molar-refractivity contribution in [3.63, 3.8) is 0 Å². The molecule has 0 saturated heterocycles. The average Bonchev–Trinajstić information content (AvgIpc) is 2.97. The number of hydrogen-bond donors (Lipinski definition) is 0. The van der Waals surface area contributed by atoms with Crippen molar-refractivity contribution in [2.75, 3.05) is 6.61 Å². The van der Waals surface area contributed by atoms with E-state index in [0.29, 0.717) is 12.4 Å². The Morgan fingerprint density at radius 2 is 1.26 bits per heavy atom. The van der Waals surface area contributed by atoms with E-state index in [0.717, 1.165) is 54.6 Å². The van der Waals surface area contributed by atoms with Crippen LogP contribution in [0.15, 0.2) is 60.9 Å². The number of esters is 1. The van der Waals surface area contributed by atoms with Crippen LogP contribution in [0, 0.1) is 0 Å². The normalized spacial score (nSPS) is 11.8. The van der Waals surface area contributed by atoms with Crippen molar-refractivity contribution in [1.82, 2.24) is 9.97 Å². The lowest BCUT2D eigenvalue weighted by molar-refractivity contribution is -0.151. The van der Waals surface area contributed by atoms with Crippen LogP contribution < -0.4 is 4.74 Å². The number of ether oxygens (including phenoxy) is 2. The highest BCUT2D eigenvalue weighted by Crippen LogP contribution is 2.24. The molecule has 0 fully saturated rings. The minimum atomic E-state index is -0.647. The lowest BCUT2D eigenvalue weighted by atomic mass is 10.0. The maximum Gasteiger partial charge on any atom is 0.347 e. The number of hydrogen-bond acceptors (Lipinski definition) is 5. The number of benzene rings is 2. The SMILES string of the molecule is CCCCCCCCCc1ccc(-c2ncc(-c3ccc(OC(C)C(=O)OCCCCCC)cc3)cn2)cc1. The number of aromatic nitrogens is 2. The topological polar surface area (TPSA) is 61.3 Å². The second-order valence-corrected chi connectivity index (χ2v) is 10.4. The third-order valence-electron chi connectivity index (χ3n) is 7.01. The smallest absolute Gasteiger partial charge is 0.347 e. The Kier molecular flexibility index (Phi) is 13.5. The lowest BCUT2D eigenvalue weighted by Crippen LogP contribution is -2.26. The minimum absolute atomic E-state index is 0.328. The van der Waals surface area contributed by atoms with Crippen LogP contribution in [0.2, 0.25) is 0 Å². The van der Waals surface area contributed by atoms with E-state index in [1.165, 1.54) is 50.5 Å². The van der Waals surface area contributed by atoms with Gasteiger partial charge < -0.3 is 9.47 Å². The van der Waals surface area contributed by atoms with Gasteiger partial charge in [0.2, 0.25) is 0 Å². The number of aryl methyl sites for hydroxylation is 1. The van der Waals surface area contributed by atoms with Gasteiger partial charge in [0, 0.05) is 23.5 Å². The number of nitrogens with zero attached hydrogens (tertiary/aromatic N) is 2. The first kappa shape index (κ1) is 30.3. The summed E-state index contributed by atoms with van der Waals surface area (Å²) in [4.78, 5) is 21.4. The summed E-state index contributed by atoms with van der Waals surface area (Å²) >= 11 is 0. The molecule has 3 rings (SSSR count). The van der Waals surface area contributed by atoms with Crippen molar-refractivity contribution in [1.29, 1.82) is 0 Å². The van der Waals surface area contributed by atoms with E-state index >= 15 is 0 Å². The first-order valence-electron chi connectivity index (χ1n) is 15.0. The maximum absolute atomic E-state index is 12.2. The highest BCUT2D eigenvalue weighted by molar-refractivity contribution is 5.74. The minimum Gasteiger partial charge on any atom is -0.479 e. The zero-order valence-electron chi connectivity index (χ0n) is 24.2. The van der Waals surface area contributed by atoms with Gasteiger partial charge in [-0.3, -0.25) is 0 Å². The van der Waals surface area contributed by atoms with Crippen LogP contribution >= 0.6 is 0 Å². The van der Waals surface area contributed by atoms with E-state index in [1.807, 2.05) is 36.7 Å². The standard InChI is InChI=1S/C34H46N2O3/c1-4-6-8-10-11-12-13-15-28-16-18-30(19-17-28)33-35-25-31(26-36-33)29-20-22-32(23-21-29)39-27(3)34(37)38-24-14-9-7-5-2/h16-23,25-27H,4-15,24H2,1-3H3. The third kappa shape index (κ3) is 10.8. The summed E-state index contributed by atoms with van der Waals surface area (Å²) < 4.78 is 11.1. The van der Waals surface area contributed by atoms with E-state index in [-0.39, 0.29) is 5.97 Å². The van der Waals surface area contributed by atoms with Crippen molar-refractivity contribution in [2.24, 2.45) is 0 Å². The number of carbonyl (C=O) groups excluding carboxylic acids is 1. The highest BCUT2D eigenvalue weighted by Gasteiger charge is 2.16. The van der Waals surface area contributed by atoms with Gasteiger partial charge in [-0.2, -0.15) is 0 Å². The summed E-state index contributed by atoms with van der Waals surface area (Å²) in [5.74, 6) is 1.02. The van der Waals surface area contributed by atoms with Gasteiger partial charge in [0.15, 0.2) is 11.9 Å². The molecule has 5 heteroatoms. The molecule has 0 aliphatic heterocycles. The van der Waals surface area contributed by atoms with Gasteiger partial charge in [0.05, 0.1) is 6.61 Å². The molecule has 3 aromatic rings. The molecular weight excluding hydrogens is 484 g/mol. The number of rotatable bonds is 18. The van der Waals surface area contributed by atoms with E-state index in [1.54, 1.807) is 6.92 Å². The summed E-state index contributed by atoms with van der Waals surface area (Å²) in [6, 6.07) is 16.3. The Labute approximate surface area is 235 Å². The summed E-state index contributed by atoms with van der Waals surface area (Å²) in [6.45, 7) is 6.59. The average molecular weight is 531 g/mol. The van der Waals surface area contributed by atoms with E-state index in [4.69, 9.17) is 9.47 Å². The Hall–Kier alpha value is -3.21. The Bertz CT molecular complexity index is 1080. The molecule has 39 heavy (non-hydrogen) atoms. The van der Waals surface area contributed by atoms with Crippen molar-refractivity contribution >= 4 is 5.97 Å². The number of carbonyl (C=O) groups is 1. The van der Waals surface area contributed by atoms with E-state index < -0.39 is 6.10 Å². The van der Waals surface area contributed by atoms with Gasteiger partial charge in [-0.15, -0.1) is 0 Å². The first-order valence-corrected chi connectivity index (χ1v) is 15.0. The van der Waals surface area contributed by atoms with Gasteiger partial charge in [0.25, 0.3) is 0 Å². The van der Waals surface area contributed by atoms with Crippen molar-refractivity contribution in [3.05, 3.63) is 66.5 Å². The summed E-state index contributed by atoms with van der Waals surface area (Å²) in [7, 11) is 0. The molecule has 0 aliphatic rings. The molecule has 0 spiro atoms. The van der Waals surface area contributed by atoms with Crippen LogP contribution in [-0.2, 0) is 16.0 Å². The summed E-state index contributed by atoms with van der Waals surface area (Å²) in [5.41, 5.74) is 4.33. The molecule has 0 aliphatic carbocycles. The summed E-state index contributed by atoms with van der Waals surface area (Å²) in [5, 5.41) is 0. The molecule has 0 radical (unpaired) electrons. The molecular formula is C34H46N2O3. The van der Waals surface area contributed by atoms with Crippen LogP contribution in [0.25, 0.3) is 22.5 Å². The molecule has 1 aromatic heterocycles. The molecule has 5 nitrogen and oxygen atoms in total. The van der Waals surface area contributed by atoms with Gasteiger partial charge in [-0.05, 0) is 49.4 Å². The maximum atomic E-state index is 12.2. The largest absolute Gasteiger partial charge is 0.479 e. The van der Waals surface area contributed by atoms with Gasteiger partial charge in [-0.1, -0.05) is 108 Å². The molecule has 2 aromatic carbocycles. The fourth-order valence-electron chi connectivity index (χ4n) is 4.53. The Morgan fingerprint density at radius 1 is 0.692 bits per heavy atom. The fourth-order valence-corrected chi connectivity index (χ4v) is 4.53. The van der Waals surface area contributed by atoms with E-state index in [2.05, 4.69) is 48.1 Å². The zero-order valence-corrected chi connectivity index (χ0v) is 24.2. The second kappa shape index (κ2) is 17.4. The molecule has 0 saturated carbocycles. The van der Waals surface area contributed by atoms with Crippen LogP contribution in [0.3, 0.4) is 0 Å². The van der Waals surface area contributed by atoms with Gasteiger partial charge in [0.1, 0.15) is 5.75 Å². The molecule has 1 heterocycles. The second-order valence-electron chi connectivity index (χ2n) is 10.4. The fraction of sp³-hybridized carbons (Fsp3) is 0.500. The Balaban J connectivity index is 1.45. The van der Waals surface area contributed by atoms with E-state index in [9.17, 15) is 4.79 Å². The van der Waals surface area contributed by atoms with Gasteiger partial charge in [-0.25, -0.2) is 14.8 Å². The first-order chi connectivity index (χ1) is 19.1. The van der Waals surface area contributed by atoms with Crippen LogP contribution in [0.5, 0.6) is 5.75 Å². The van der Waals surface area contributed by atoms with Crippen LogP contribution in [-0.4, -0.2) is 28.6 Å². The van der Waals surface area contributed by atoms with Crippen molar-refractivity contribution < 1.29 is 14.3 Å². The molecule has 210 valence electrons. The lowest BCUT2D eigenvalue weighted by Gasteiger charge is -2.14. The zero-order chi connectivity index (χ0) is 27.7. The highest BCUT2D eigenvalue weighted by atomic mass is 16.6. The van der Waals surface area contributed by atoms with Crippen LogP contribution in [0.1, 0.15) is 97.0 Å². The molecule has 0 N–H and O–H groups in total. The molecule has 1 unspecified atom stereocenters. The van der Waals surface area contributed by atoms with Crippen molar-refractivity contribution in [3.8, 4) is 28.3 Å². The number of unbranched alkanes of at least 4 members (excludes halogenated alkanes) is 9. The Morgan fingerprint density at radius 3 is 1.90 bits per heavy atom. The third-order valence-corrected chi connectivity index (χ3v) is 7.01. The van der Waals surface area contributed by atoms with Gasteiger partial charge >= 0.3 is 5.97 Å².